The van der Waals surface area contributed by atoms with Gasteiger partial charge >= 0.3 is 0 Å². The minimum atomic E-state index is -0.295. The number of carbonyl (C=O) groups is 2. The van der Waals surface area contributed by atoms with Gasteiger partial charge in [-0.1, -0.05) is 47.1 Å². The van der Waals surface area contributed by atoms with Crippen LogP contribution in [0.15, 0.2) is 65.2 Å². The predicted octanol–water partition coefficient (Wildman–Crippen LogP) is 4.60. The number of hydrogen-bond donors (Lipinski definition) is 1. The first kappa shape index (κ1) is 15.5. The summed E-state index contributed by atoms with van der Waals surface area (Å²) in [6.07, 6.45) is 0. The molecule has 5 heteroatoms. The minimum absolute atomic E-state index is 0.0863. The van der Waals surface area contributed by atoms with Crippen LogP contribution in [0, 0.1) is 6.92 Å². The van der Waals surface area contributed by atoms with Gasteiger partial charge in [0.1, 0.15) is 5.52 Å². The molecule has 5 nitrogen and oxygen atoms in total. The van der Waals surface area contributed by atoms with Gasteiger partial charge < -0.3 is 9.84 Å². The number of rotatable bonds is 2. The lowest BCUT2D eigenvalue weighted by Crippen LogP contribution is -2.14. The number of amides is 1. The van der Waals surface area contributed by atoms with E-state index in [1.165, 1.54) is 0 Å². The van der Waals surface area contributed by atoms with Crippen LogP contribution in [0.5, 0.6) is 0 Å². The third-order valence-electron chi connectivity index (χ3n) is 4.85. The van der Waals surface area contributed by atoms with E-state index in [9.17, 15) is 9.59 Å². The SMILES string of the molecule is Cc1ccc(NC(=O)c2ccc3c4c(onc24)-c2ccccc2C3=O)cc1. The number of nitrogens with one attached hydrogen (secondary N) is 1. The van der Waals surface area contributed by atoms with Gasteiger partial charge in [-0.25, -0.2) is 0 Å². The smallest absolute Gasteiger partial charge is 0.258 e. The van der Waals surface area contributed by atoms with Crippen molar-refractivity contribution >= 4 is 28.3 Å². The summed E-state index contributed by atoms with van der Waals surface area (Å²) in [5, 5.41) is 7.57. The molecule has 0 aliphatic heterocycles. The normalized spacial score (nSPS) is 12.1. The van der Waals surface area contributed by atoms with Gasteiger partial charge in [-0.15, -0.1) is 0 Å². The average Bonchev–Trinajstić information content (AvgIpc) is 3.13. The summed E-state index contributed by atoms with van der Waals surface area (Å²) in [6, 6.07) is 18.1. The van der Waals surface area contributed by atoms with Crippen molar-refractivity contribution < 1.29 is 14.1 Å². The molecule has 0 atom stereocenters. The molecule has 0 saturated heterocycles. The van der Waals surface area contributed by atoms with Crippen molar-refractivity contribution in [3.63, 3.8) is 0 Å². The largest absolute Gasteiger partial charge is 0.355 e. The van der Waals surface area contributed by atoms with Crippen molar-refractivity contribution in [2.75, 3.05) is 5.32 Å². The highest BCUT2D eigenvalue weighted by atomic mass is 16.5. The Hall–Kier alpha value is -3.73. The Labute approximate surface area is 154 Å². The molecule has 1 aliphatic carbocycles. The quantitative estimate of drug-likeness (QED) is 0.503. The second kappa shape index (κ2) is 5.64. The van der Waals surface area contributed by atoms with Crippen molar-refractivity contribution in [2.45, 2.75) is 6.92 Å². The molecule has 1 N–H and O–H groups in total. The maximum Gasteiger partial charge on any atom is 0.258 e. The number of aryl methyl sites for hydroxylation is 1. The number of anilines is 1. The number of fused-ring (bicyclic) bond motifs is 2. The zero-order chi connectivity index (χ0) is 18.5. The Kier molecular flexibility index (Phi) is 3.24. The van der Waals surface area contributed by atoms with E-state index in [1.54, 1.807) is 18.2 Å². The highest BCUT2D eigenvalue weighted by Gasteiger charge is 2.30. The average molecular weight is 354 g/mol. The predicted molar refractivity (Wildman–Crippen MR) is 102 cm³/mol. The number of hydrogen-bond acceptors (Lipinski definition) is 4. The van der Waals surface area contributed by atoms with Gasteiger partial charge in [0.2, 0.25) is 0 Å². The molecule has 3 aromatic carbocycles. The third kappa shape index (κ3) is 2.29. The van der Waals surface area contributed by atoms with Gasteiger partial charge in [0, 0.05) is 22.4 Å². The maximum absolute atomic E-state index is 12.8. The fraction of sp³-hybridized carbons (Fsp3) is 0.0455. The van der Waals surface area contributed by atoms with Gasteiger partial charge in [-0.2, -0.15) is 0 Å². The zero-order valence-electron chi connectivity index (χ0n) is 14.4. The van der Waals surface area contributed by atoms with E-state index >= 15 is 0 Å². The van der Waals surface area contributed by atoms with E-state index in [0.29, 0.717) is 44.6 Å². The topological polar surface area (TPSA) is 72.2 Å². The molecule has 1 aromatic heterocycles. The molecule has 0 fully saturated rings. The van der Waals surface area contributed by atoms with E-state index < -0.39 is 0 Å². The summed E-state index contributed by atoms with van der Waals surface area (Å²) >= 11 is 0. The number of carbonyl (C=O) groups excluding carboxylic acids is 2. The molecular weight excluding hydrogens is 340 g/mol. The fourth-order valence-electron chi connectivity index (χ4n) is 3.47. The number of aromatic nitrogens is 1. The van der Waals surface area contributed by atoms with Crippen molar-refractivity contribution in [2.24, 2.45) is 0 Å². The molecule has 1 aliphatic rings. The molecule has 0 unspecified atom stereocenters. The van der Waals surface area contributed by atoms with Crippen LogP contribution in [-0.2, 0) is 0 Å². The second-order valence-corrected chi connectivity index (χ2v) is 6.59. The molecule has 4 aromatic rings. The molecule has 27 heavy (non-hydrogen) atoms. The monoisotopic (exact) mass is 354 g/mol. The molecular formula is C22H14N2O3. The van der Waals surface area contributed by atoms with Crippen LogP contribution in [0.25, 0.3) is 22.2 Å². The lowest BCUT2D eigenvalue weighted by atomic mass is 9.87. The highest BCUT2D eigenvalue weighted by molar-refractivity contribution is 6.27. The first-order valence-electron chi connectivity index (χ1n) is 8.58. The van der Waals surface area contributed by atoms with Crippen molar-refractivity contribution in [1.82, 2.24) is 5.16 Å². The Morgan fingerprint density at radius 1 is 0.926 bits per heavy atom. The van der Waals surface area contributed by atoms with Gasteiger partial charge in [0.05, 0.1) is 10.9 Å². The van der Waals surface area contributed by atoms with E-state index in [1.807, 2.05) is 49.4 Å². The van der Waals surface area contributed by atoms with Crippen LogP contribution in [0.3, 0.4) is 0 Å². The summed E-state index contributed by atoms with van der Waals surface area (Å²) in [5.74, 6) is 0.147. The third-order valence-corrected chi connectivity index (χ3v) is 4.85. The van der Waals surface area contributed by atoms with Crippen molar-refractivity contribution in [3.05, 3.63) is 82.9 Å². The first-order valence-corrected chi connectivity index (χ1v) is 8.58. The Morgan fingerprint density at radius 2 is 1.67 bits per heavy atom. The summed E-state index contributed by atoms with van der Waals surface area (Å²) in [4.78, 5) is 25.6. The standard InChI is InChI=1S/C22H14N2O3/c1-12-6-8-13(9-7-12)23-22(26)17-11-10-16-18-19(17)24-27-21(18)15-5-3-2-4-14(15)20(16)25/h2-11H,1H3,(H,23,26). The molecule has 0 radical (unpaired) electrons. The Bertz CT molecular complexity index is 1240. The molecule has 1 amide bonds. The Balaban J connectivity index is 1.64. The van der Waals surface area contributed by atoms with E-state index in [4.69, 9.17) is 4.52 Å². The van der Waals surface area contributed by atoms with E-state index in [0.717, 1.165) is 5.56 Å². The molecule has 130 valence electrons. The van der Waals surface area contributed by atoms with Gasteiger partial charge in [0.15, 0.2) is 11.5 Å². The van der Waals surface area contributed by atoms with E-state index in [-0.39, 0.29) is 11.7 Å². The molecule has 0 spiro atoms. The number of ketones is 1. The summed E-state index contributed by atoms with van der Waals surface area (Å²) < 4.78 is 5.55. The summed E-state index contributed by atoms with van der Waals surface area (Å²) in [6.45, 7) is 1.98. The maximum atomic E-state index is 12.8. The molecule has 1 heterocycles. The number of benzene rings is 3. The first-order chi connectivity index (χ1) is 13.1. The number of nitrogens with zero attached hydrogens (tertiary/aromatic N) is 1. The fourth-order valence-corrected chi connectivity index (χ4v) is 3.47. The lowest BCUT2D eigenvalue weighted by molar-refractivity contribution is 0.102. The highest BCUT2D eigenvalue weighted by Crippen LogP contribution is 2.40. The molecule has 5 rings (SSSR count). The van der Waals surface area contributed by atoms with Crippen molar-refractivity contribution in [3.8, 4) is 11.3 Å². The summed E-state index contributed by atoms with van der Waals surface area (Å²) in [7, 11) is 0. The van der Waals surface area contributed by atoms with Crippen LogP contribution >= 0.6 is 0 Å². The van der Waals surface area contributed by atoms with Crippen LogP contribution in [0.4, 0.5) is 5.69 Å². The van der Waals surface area contributed by atoms with E-state index in [2.05, 4.69) is 10.5 Å². The summed E-state index contributed by atoms with van der Waals surface area (Å²) in [5.41, 5.74) is 4.37. The van der Waals surface area contributed by atoms with Crippen LogP contribution in [0.1, 0.15) is 31.8 Å². The minimum Gasteiger partial charge on any atom is -0.355 e. The van der Waals surface area contributed by atoms with Gasteiger partial charge in [-0.05, 0) is 31.2 Å². The van der Waals surface area contributed by atoms with Crippen LogP contribution in [0.2, 0.25) is 0 Å². The molecule has 0 saturated carbocycles. The lowest BCUT2D eigenvalue weighted by Gasteiger charge is -2.14. The van der Waals surface area contributed by atoms with Gasteiger partial charge in [0.25, 0.3) is 5.91 Å². The van der Waals surface area contributed by atoms with Crippen LogP contribution in [-0.4, -0.2) is 16.8 Å². The molecule has 0 bridgehead atoms. The van der Waals surface area contributed by atoms with Crippen molar-refractivity contribution in [1.29, 1.82) is 0 Å². The Morgan fingerprint density at radius 3 is 2.44 bits per heavy atom. The zero-order valence-corrected chi connectivity index (χ0v) is 14.4. The second-order valence-electron chi connectivity index (χ2n) is 6.59. The van der Waals surface area contributed by atoms with Gasteiger partial charge in [-0.3, -0.25) is 9.59 Å². The van der Waals surface area contributed by atoms with Crippen LogP contribution < -0.4 is 5.32 Å².